The van der Waals surface area contributed by atoms with Crippen molar-refractivity contribution in [2.24, 2.45) is 7.05 Å². The Kier molecular flexibility index (Phi) is 6.74. The van der Waals surface area contributed by atoms with Crippen LogP contribution in [0.5, 0.6) is 5.88 Å². The van der Waals surface area contributed by atoms with Crippen LogP contribution in [0.25, 0.3) is 11.3 Å². The number of methoxy groups -OCH3 is 1. The monoisotopic (exact) mass is 542 g/mol. The minimum atomic E-state index is -0.649. The summed E-state index contributed by atoms with van der Waals surface area (Å²) < 4.78 is 9.06. The van der Waals surface area contributed by atoms with Gasteiger partial charge < -0.3 is 13.9 Å². The van der Waals surface area contributed by atoms with Crippen molar-refractivity contribution in [2.45, 2.75) is 39.3 Å². The zero-order valence-corrected chi connectivity index (χ0v) is 23.0. The molecule has 0 spiro atoms. The Morgan fingerprint density at radius 3 is 2.49 bits per heavy atom. The molecule has 0 radical (unpaired) electrons. The molecule has 5 rings (SSSR count). The summed E-state index contributed by atoms with van der Waals surface area (Å²) in [6.45, 7) is 6.02. The number of rotatable bonds is 6. The number of amides is 1. The molecule has 4 heterocycles. The number of halogens is 1. The zero-order valence-electron chi connectivity index (χ0n) is 22.3. The fraction of sp³-hybridized carbons (Fsp3) is 0.276. The number of ether oxygens (including phenoxy) is 1. The van der Waals surface area contributed by atoms with Crippen molar-refractivity contribution in [1.29, 1.82) is 5.26 Å². The zero-order chi connectivity index (χ0) is 28.0. The molecule has 0 bridgehead atoms. The molecule has 0 fully saturated rings. The van der Waals surface area contributed by atoms with Gasteiger partial charge in [0.1, 0.15) is 17.6 Å². The Balaban J connectivity index is 1.81. The number of carbonyl (C=O) groups is 1. The second-order valence-corrected chi connectivity index (χ2v) is 10.1. The van der Waals surface area contributed by atoms with Crippen LogP contribution in [-0.2, 0) is 13.5 Å². The van der Waals surface area contributed by atoms with E-state index >= 15 is 0 Å². The number of aryl methyl sites for hydroxylation is 2. The molecule has 0 aliphatic carbocycles. The third-order valence-corrected chi connectivity index (χ3v) is 7.10. The second kappa shape index (κ2) is 10.0. The number of nitrogens with zero attached hydrogens (tertiary/aromatic N) is 6. The maximum Gasteiger partial charge on any atom is 0.274 e. The minimum absolute atomic E-state index is 0.0740. The first-order valence-corrected chi connectivity index (χ1v) is 12.9. The van der Waals surface area contributed by atoms with E-state index in [9.17, 15) is 14.9 Å². The van der Waals surface area contributed by atoms with Gasteiger partial charge in [0.05, 0.1) is 46.3 Å². The summed E-state index contributed by atoms with van der Waals surface area (Å²) in [7, 11) is 3.16. The van der Waals surface area contributed by atoms with E-state index in [2.05, 4.69) is 20.6 Å². The fourth-order valence-corrected chi connectivity index (χ4v) is 5.40. The SMILES string of the molecule is CCc1ncc(-c2cc3c(n2C(C)C)C(c2ccc(C#N)cc2)N(c2cc(Cl)cn(C)c2=O)C3=O)c(OC)n1. The number of aromatic nitrogens is 4. The van der Waals surface area contributed by atoms with Crippen LogP contribution in [-0.4, -0.2) is 32.1 Å². The van der Waals surface area contributed by atoms with Crippen molar-refractivity contribution in [1.82, 2.24) is 19.1 Å². The van der Waals surface area contributed by atoms with Crippen molar-refractivity contribution >= 4 is 23.2 Å². The van der Waals surface area contributed by atoms with Crippen molar-refractivity contribution in [2.75, 3.05) is 12.0 Å². The molecule has 10 heteroatoms. The van der Waals surface area contributed by atoms with Crippen LogP contribution in [0.1, 0.15) is 65.9 Å². The molecular weight excluding hydrogens is 516 g/mol. The van der Waals surface area contributed by atoms with E-state index in [0.717, 1.165) is 17.0 Å². The lowest BCUT2D eigenvalue weighted by Gasteiger charge is -2.29. The van der Waals surface area contributed by atoms with Gasteiger partial charge >= 0.3 is 0 Å². The maximum absolute atomic E-state index is 14.2. The smallest absolute Gasteiger partial charge is 0.274 e. The van der Waals surface area contributed by atoms with Crippen molar-refractivity contribution in [3.63, 3.8) is 0 Å². The summed E-state index contributed by atoms with van der Waals surface area (Å²) in [6.07, 6.45) is 3.89. The third-order valence-electron chi connectivity index (χ3n) is 6.89. The van der Waals surface area contributed by atoms with Crippen LogP contribution < -0.4 is 15.2 Å². The molecule has 1 amide bonds. The predicted octanol–water partition coefficient (Wildman–Crippen LogP) is 5.07. The van der Waals surface area contributed by atoms with Gasteiger partial charge in [-0.15, -0.1) is 0 Å². The molecule has 39 heavy (non-hydrogen) atoms. The van der Waals surface area contributed by atoms with Crippen LogP contribution in [0.2, 0.25) is 5.02 Å². The summed E-state index contributed by atoms with van der Waals surface area (Å²) in [4.78, 5) is 38.0. The number of hydrogen-bond acceptors (Lipinski definition) is 6. The first-order chi connectivity index (χ1) is 18.7. The van der Waals surface area contributed by atoms with Gasteiger partial charge in [0.25, 0.3) is 11.5 Å². The number of pyridine rings is 1. The van der Waals surface area contributed by atoms with Gasteiger partial charge in [0.2, 0.25) is 5.88 Å². The Morgan fingerprint density at radius 2 is 1.87 bits per heavy atom. The maximum atomic E-state index is 14.2. The lowest BCUT2D eigenvalue weighted by molar-refractivity contribution is 0.0993. The molecule has 1 aliphatic rings. The molecule has 1 aliphatic heterocycles. The molecule has 3 aromatic heterocycles. The number of anilines is 1. The van der Waals surface area contributed by atoms with Gasteiger partial charge in [-0.3, -0.25) is 14.5 Å². The highest BCUT2D eigenvalue weighted by Crippen LogP contribution is 2.46. The summed E-state index contributed by atoms with van der Waals surface area (Å²) in [5.74, 6) is 0.743. The molecule has 0 saturated heterocycles. The molecule has 198 valence electrons. The van der Waals surface area contributed by atoms with Crippen molar-refractivity contribution in [3.8, 4) is 23.2 Å². The van der Waals surface area contributed by atoms with Gasteiger partial charge in [-0.2, -0.15) is 10.2 Å². The first kappa shape index (κ1) is 26.2. The Morgan fingerprint density at radius 1 is 1.15 bits per heavy atom. The highest BCUT2D eigenvalue weighted by atomic mass is 35.5. The normalized spacial score (nSPS) is 14.6. The molecule has 1 aromatic carbocycles. The van der Waals surface area contributed by atoms with E-state index in [4.69, 9.17) is 16.3 Å². The Bertz CT molecular complexity index is 1700. The average molecular weight is 543 g/mol. The quantitative estimate of drug-likeness (QED) is 0.337. The van der Waals surface area contributed by atoms with Gasteiger partial charge in [0, 0.05) is 31.9 Å². The molecule has 4 aromatic rings. The summed E-state index contributed by atoms with van der Waals surface area (Å²) in [6, 6.07) is 11.8. The van der Waals surface area contributed by atoms with E-state index < -0.39 is 6.04 Å². The van der Waals surface area contributed by atoms with Crippen LogP contribution in [0.3, 0.4) is 0 Å². The van der Waals surface area contributed by atoms with E-state index in [1.807, 2.05) is 39.0 Å². The summed E-state index contributed by atoms with van der Waals surface area (Å²) in [5.41, 5.74) is 3.64. The largest absolute Gasteiger partial charge is 0.480 e. The number of fused-ring (bicyclic) bond motifs is 1. The van der Waals surface area contributed by atoms with Crippen LogP contribution in [0, 0.1) is 11.3 Å². The third kappa shape index (κ3) is 4.27. The topological polar surface area (TPSA) is 106 Å². The first-order valence-electron chi connectivity index (χ1n) is 12.5. The lowest BCUT2D eigenvalue weighted by Crippen LogP contribution is -2.35. The van der Waals surface area contributed by atoms with Gasteiger partial charge in [-0.05, 0) is 43.7 Å². The van der Waals surface area contributed by atoms with E-state index in [1.54, 1.807) is 32.5 Å². The Labute approximate surface area is 230 Å². The van der Waals surface area contributed by atoms with Gasteiger partial charge in [0.15, 0.2) is 0 Å². The van der Waals surface area contributed by atoms with Gasteiger partial charge in [-0.25, -0.2) is 4.98 Å². The molecular formula is C29H27ClN6O3. The fourth-order valence-electron chi connectivity index (χ4n) is 5.15. The second-order valence-electron chi connectivity index (χ2n) is 9.63. The summed E-state index contributed by atoms with van der Waals surface area (Å²) in [5, 5.41) is 9.69. The van der Waals surface area contributed by atoms with Crippen LogP contribution in [0.4, 0.5) is 5.69 Å². The van der Waals surface area contributed by atoms with Gasteiger partial charge in [-0.1, -0.05) is 30.7 Å². The number of benzene rings is 1. The minimum Gasteiger partial charge on any atom is -0.480 e. The van der Waals surface area contributed by atoms with Crippen molar-refractivity contribution < 1.29 is 9.53 Å². The molecule has 1 atom stereocenters. The molecule has 0 N–H and O–H groups in total. The number of carbonyl (C=O) groups excluding carboxylic acids is 1. The predicted molar refractivity (Wildman–Crippen MR) is 148 cm³/mol. The van der Waals surface area contributed by atoms with Crippen molar-refractivity contribution in [3.05, 3.63) is 92.4 Å². The van der Waals surface area contributed by atoms with E-state index in [-0.39, 0.29) is 23.2 Å². The average Bonchev–Trinajstić information content (AvgIpc) is 3.45. The number of nitriles is 1. The van der Waals surface area contributed by atoms with E-state index in [0.29, 0.717) is 39.8 Å². The van der Waals surface area contributed by atoms with Crippen LogP contribution >= 0.6 is 11.6 Å². The van der Waals surface area contributed by atoms with Crippen LogP contribution in [0.15, 0.2) is 53.6 Å². The number of hydrogen-bond donors (Lipinski definition) is 0. The highest BCUT2D eigenvalue weighted by Gasteiger charge is 2.44. The standard InChI is InChI=1S/C29H27ClN6O3/c1-6-24-32-14-21(27(33-24)39-5)22-12-20-26(35(22)16(2)3)25(18-9-7-17(13-31)8-10-18)36(28(20)37)23-11-19(30)15-34(4)29(23)38/h7-12,14-16,25H,6H2,1-5H3. The summed E-state index contributed by atoms with van der Waals surface area (Å²) >= 11 is 6.35. The van der Waals surface area contributed by atoms with E-state index in [1.165, 1.54) is 21.7 Å². The lowest BCUT2D eigenvalue weighted by atomic mass is 10.0. The Hall–Kier alpha value is -4.42. The molecule has 1 unspecified atom stereocenters. The molecule has 0 saturated carbocycles. The highest BCUT2D eigenvalue weighted by molar-refractivity contribution is 6.30. The molecule has 9 nitrogen and oxygen atoms in total.